The highest BCUT2D eigenvalue weighted by atomic mass is 32.2. The molecule has 4 rings (SSSR count). The summed E-state index contributed by atoms with van der Waals surface area (Å²) < 4.78 is 81.8. The van der Waals surface area contributed by atoms with Crippen molar-refractivity contribution in [2.24, 2.45) is 0 Å². The number of hydrogen-bond donors (Lipinski definition) is 0. The van der Waals surface area contributed by atoms with Crippen molar-refractivity contribution in [2.75, 3.05) is 19.3 Å². The van der Waals surface area contributed by atoms with Crippen LogP contribution in [-0.2, 0) is 19.5 Å². The molecule has 0 radical (unpaired) electrons. The zero-order chi connectivity index (χ0) is 24.7. The van der Waals surface area contributed by atoms with E-state index >= 15 is 0 Å². The minimum Gasteiger partial charge on any atom is -0.435 e. The maximum absolute atomic E-state index is 14.4. The van der Waals surface area contributed by atoms with E-state index in [1.807, 2.05) is 0 Å². The van der Waals surface area contributed by atoms with Gasteiger partial charge in [-0.25, -0.2) is 32.3 Å². The van der Waals surface area contributed by atoms with Gasteiger partial charge in [0, 0.05) is 19.3 Å². The average molecular weight is 503 g/mol. The van der Waals surface area contributed by atoms with Crippen LogP contribution in [0.15, 0.2) is 35.6 Å². The van der Waals surface area contributed by atoms with Crippen LogP contribution < -0.4 is 4.74 Å². The third-order valence-electron chi connectivity index (χ3n) is 5.11. The number of sulfone groups is 1. The number of rotatable bonds is 5. The monoisotopic (exact) mass is 503 g/mol. The van der Waals surface area contributed by atoms with E-state index in [2.05, 4.69) is 19.9 Å². The highest BCUT2D eigenvalue weighted by Gasteiger charge is 2.43. The van der Waals surface area contributed by atoms with E-state index in [9.17, 15) is 30.8 Å². The minimum absolute atomic E-state index is 0.0150. The maximum atomic E-state index is 14.4. The molecule has 3 heterocycles. The SMILES string of the molecule is CS(=O)(=O)c1ccc(Oc2ncnc3c2cnn3C2CCN(OC(=O)C(F)(F)F)CC2)c(F)c1. The van der Waals surface area contributed by atoms with Crippen molar-refractivity contribution in [1.82, 2.24) is 24.8 Å². The van der Waals surface area contributed by atoms with Gasteiger partial charge in [0.2, 0.25) is 5.88 Å². The molecule has 0 saturated carbocycles. The molecule has 182 valence electrons. The molecule has 15 heteroatoms. The number of ether oxygens (including phenoxy) is 1. The molecule has 0 bridgehead atoms. The van der Waals surface area contributed by atoms with Crippen LogP contribution in [0.25, 0.3) is 11.0 Å². The number of carbonyl (C=O) groups excluding carboxylic acids is 1. The van der Waals surface area contributed by atoms with E-state index in [0.717, 1.165) is 17.4 Å². The second-order valence-electron chi connectivity index (χ2n) is 7.51. The van der Waals surface area contributed by atoms with Crippen molar-refractivity contribution < 1.29 is 40.3 Å². The van der Waals surface area contributed by atoms with Gasteiger partial charge in [-0.1, -0.05) is 0 Å². The van der Waals surface area contributed by atoms with Crippen LogP contribution in [0.2, 0.25) is 0 Å². The summed E-state index contributed by atoms with van der Waals surface area (Å²) in [6, 6.07) is 2.95. The molecule has 34 heavy (non-hydrogen) atoms. The number of alkyl halides is 3. The predicted molar refractivity (Wildman–Crippen MR) is 107 cm³/mol. The standard InChI is InChI=1S/C19H17F4N5O5S/c1-34(30,31)12-2-3-15(14(20)8-12)32-17-13-9-26-28(16(13)24-10-25-17)11-4-6-27(7-5-11)33-18(29)19(21,22)23/h2-3,8-11H,4-7H2,1H3. The third kappa shape index (κ3) is 4.94. The molecule has 0 unspecified atom stereocenters. The Morgan fingerprint density at radius 1 is 1.18 bits per heavy atom. The lowest BCUT2D eigenvalue weighted by atomic mass is 10.1. The topological polar surface area (TPSA) is 117 Å². The fraction of sp³-hybridized carbons (Fsp3) is 0.368. The van der Waals surface area contributed by atoms with Gasteiger partial charge in [-0.2, -0.15) is 18.3 Å². The van der Waals surface area contributed by atoms with Gasteiger partial charge in [0.15, 0.2) is 27.1 Å². The second kappa shape index (κ2) is 8.79. The Morgan fingerprint density at radius 2 is 1.88 bits per heavy atom. The number of aromatic nitrogens is 4. The number of halogens is 4. The van der Waals surface area contributed by atoms with E-state index in [1.54, 1.807) is 4.68 Å². The van der Waals surface area contributed by atoms with Crippen LogP contribution >= 0.6 is 0 Å². The van der Waals surface area contributed by atoms with E-state index < -0.39 is 27.8 Å². The fourth-order valence-electron chi connectivity index (χ4n) is 3.44. The van der Waals surface area contributed by atoms with Crippen LogP contribution in [0, 0.1) is 5.82 Å². The molecule has 0 aliphatic carbocycles. The van der Waals surface area contributed by atoms with Gasteiger partial charge in [-0.05, 0) is 31.0 Å². The Morgan fingerprint density at radius 3 is 2.50 bits per heavy atom. The van der Waals surface area contributed by atoms with Gasteiger partial charge in [0.05, 0.1) is 17.1 Å². The molecule has 3 aromatic rings. The van der Waals surface area contributed by atoms with Gasteiger partial charge in [0.25, 0.3) is 0 Å². The summed E-state index contributed by atoms with van der Waals surface area (Å²) in [5, 5.41) is 5.57. The Hall–Kier alpha value is -3.33. The molecule has 0 spiro atoms. The molecule has 1 saturated heterocycles. The zero-order valence-electron chi connectivity index (χ0n) is 17.5. The summed E-state index contributed by atoms with van der Waals surface area (Å²) in [5.41, 5.74) is 0.351. The minimum atomic E-state index is -5.08. The Bertz CT molecular complexity index is 1340. The first-order valence-corrected chi connectivity index (χ1v) is 11.7. The van der Waals surface area contributed by atoms with Gasteiger partial charge in [-0.15, -0.1) is 5.06 Å². The molecule has 1 aliphatic rings. The molecule has 0 N–H and O–H groups in total. The van der Waals surface area contributed by atoms with Gasteiger partial charge < -0.3 is 9.57 Å². The summed E-state index contributed by atoms with van der Waals surface area (Å²) in [4.78, 5) is 23.3. The van der Waals surface area contributed by atoms with Gasteiger partial charge in [-0.3, -0.25) is 0 Å². The normalized spacial score (nSPS) is 16.0. The second-order valence-corrected chi connectivity index (χ2v) is 9.52. The summed E-state index contributed by atoms with van der Waals surface area (Å²) in [6.07, 6.45) is -0.891. The van der Waals surface area contributed by atoms with Crippen molar-refractivity contribution in [1.29, 1.82) is 0 Å². The number of benzene rings is 1. The molecule has 10 nitrogen and oxygen atoms in total. The zero-order valence-corrected chi connectivity index (χ0v) is 18.3. The van der Waals surface area contributed by atoms with Crippen LogP contribution in [0.1, 0.15) is 18.9 Å². The Balaban J connectivity index is 1.50. The van der Waals surface area contributed by atoms with Crippen molar-refractivity contribution in [3.63, 3.8) is 0 Å². The number of nitrogens with zero attached hydrogens (tertiary/aromatic N) is 5. The molecule has 1 aromatic carbocycles. The fourth-order valence-corrected chi connectivity index (χ4v) is 4.07. The smallest absolute Gasteiger partial charge is 0.435 e. The number of hydroxylamine groups is 2. The summed E-state index contributed by atoms with van der Waals surface area (Å²) in [6.45, 7) is 0.111. The predicted octanol–water partition coefficient (Wildman–Crippen LogP) is 2.82. The molecular formula is C19H17F4N5O5S. The summed E-state index contributed by atoms with van der Waals surface area (Å²) >= 11 is 0. The van der Waals surface area contributed by atoms with Crippen LogP contribution in [0.4, 0.5) is 17.6 Å². The van der Waals surface area contributed by atoms with E-state index in [1.165, 1.54) is 24.7 Å². The highest BCUT2D eigenvalue weighted by molar-refractivity contribution is 7.90. The largest absolute Gasteiger partial charge is 0.492 e. The molecule has 0 atom stereocenters. The van der Waals surface area contributed by atoms with Gasteiger partial charge >= 0.3 is 12.1 Å². The van der Waals surface area contributed by atoms with Crippen molar-refractivity contribution in [2.45, 2.75) is 30.0 Å². The molecule has 1 aliphatic heterocycles. The molecule has 1 fully saturated rings. The maximum Gasteiger partial charge on any atom is 0.492 e. The summed E-state index contributed by atoms with van der Waals surface area (Å²) in [5.74, 6) is -3.44. The van der Waals surface area contributed by atoms with Gasteiger partial charge in [0.1, 0.15) is 11.7 Å². The Labute approximate surface area is 190 Å². The lowest BCUT2D eigenvalue weighted by Gasteiger charge is -2.30. The van der Waals surface area contributed by atoms with E-state index in [0.29, 0.717) is 23.9 Å². The van der Waals surface area contributed by atoms with Crippen molar-refractivity contribution >= 4 is 26.8 Å². The first-order valence-electron chi connectivity index (χ1n) is 9.83. The first-order chi connectivity index (χ1) is 15.9. The molecule has 0 amide bonds. The average Bonchev–Trinajstić information content (AvgIpc) is 3.19. The number of piperidine rings is 1. The Kier molecular flexibility index (Phi) is 6.16. The molecule has 2 aromatic heterocycles. The summed E-state index contributed by atoms with van der Waals surface area (Å²) in [7, 11) is -3.60. The van der Waals surface area contributed by atoms with Crippen molar-refractivity contribution in [3.8, 4) is 11.6 Å². The third-order valence-corrected chi connectivity index (χ3v) is 6.22. The molecular weight excluding hydrogens is 486 g/mol. The lowest BCUT2D eigenvalue weighted by Crippen LogP contribution is -2.40. The first kappa shape index (κ1) is 23.8. The highest BCUT2D eigenvalue weighted by Crippen LogP contribution is 2.32. The van der Waals surface area contributed by atoms with E-state index in [4.69, 9.17) is 4.74 Å². The lowest BCUT2D eigenvalue weighted by molar-refractivity contribution is -0.242. The number of carbonyl (C=O) groups is 1. The quantitative estimate of drug-likeness (QED) is 0.485. The number of hydrogen-bond acceptors (Lipinski definition) is 9. The van der Waals surface area contributed by atoms with Crippen molar-refractivity contribution in [3.05, 3.63) is 36.5 Å². The van der Waals surface area contributed by atoms with Crippen LogP contribution in [0.3, 0.4) is 0 Å². The number of fused-ring (bicyclic) bond motifs is 1. The van der Waals surface area contributed by atoms with Crippen LogP contribution in [-0.4, -0.2) is 64.7 Å². The van der Waals surface area contributed by atoms with E-state index in [-0.39, 0.29) is 35.7 Å². The van der Waals surface area contributed by atoms with Crippen LogP contribution in [0.5, 0.6) is 11.6 Å².